The van der Waals surface area contributed by atoms with Gasteiger partial charge in [-0.3, -0.25) is 0 Å². The van der Waals surface area contributed by atoms with E-state index in [-0.39, 0.29) is 36.3 Å². The molecule has 0 unspecified atom stereocenters. The molecule has 0 aliphatic heterocycles. The number of benzene rings is 1. The van der Waals surface area contributed by atoms with Crippen molar-refractivity contribution in [3.05, 3.63) is 35.4 Å². The van der Waals surface area contributed by atoms with Crippen molar-refractivity contribution in [1.82, 2.24) is 25.0 Å². The number of aliphatic hydroxyl groups is 2. The molecule has 39 heavy (non-hydrogen) atoms. The number of hydrogen-bond acceptors (Lipinski definition) is 11. The second-order valence-corrected chi connectivity index (χ2v) is 10.2. The van der Waals surface area contributed by atoms with Crippen LogP contribution in [0.1, 0.15) is 57.7 Å². The molecule has 2 heterocycles. The van der Waals surface area contributed by atoms with E-state index in [0.717, 1.165) is 22.9 Å². The molecule has 1 aliphatic rings. The number of nitrogens with one attached hydrogen (secondary N) is 1. The molecular formula is C25H32F2N6O5S. The van der Waals surface area contributed by atoms with Gasteiger partial charge in [0.1, 0.15) is 12.7 Å². The largest absolute Gasteiger partial charge is 0.464 e. The lowest BCUT2D eigenvalue weighted by Gasteiger charge is -2.25. The monoisotopic (exact) mass is 566 g/mol. The molecule has 3 aromatic rings. The van der Waals surface area contributed by atoms with E-state index in [1.807, 2.05) is 6.92 Å². The molecule has 3 N–H and O–H groups in total. The van der Waals surface area contributed by atoms with Crippen LogP contribution in [0.4, 0.5) is 14.6 Å². The molecule has 11 nitrogen and oxygen atoms in total. The lowest BCUT2D eigenvalue weighted by molar-refractivity contribution is -0.159. The van der Waals surface area contributed by atoms with Gasteiger partial charge in [0.15, 0.2) is 40.0 Å². The van der Waals surface area contributed by atoms with Gasteiger partial charge in [-0.1, -0.05) is 36.9 Å². The van der Waals surface area contributed by atoms with Crippen molar-refractivity contribution in [3.8, 4) is 0 Å². The normalized spacial score (nSPS) is 19.1. The third-order valence-electron chi connectivity index (χ3n) is 6.28. The summed E-state index contributed by atoms with van der Waals surface area (Å²) in [7, 11) is 0. The molecule has 0 bridgehead atoms. The summed E-state index contributed by atoms with van der Waals surface area (Å²) in [5.74, 6) is -1.28. The van der Waals surface area contributed by atoms with Crippen LogP contribution in [0, 0.1) is 11.6 Å². The third kappa shape index (κ3) is 6.80. The quantitative estimate of drug-likeness (QED) is 0.150. The number of ether oxygens (including phenoxy) is 2. The molecule has 4 rings (SSSR count). The van der Waals surface area contributed by atoms with Crippen molar-refractivity contribution in [3.63, 3.8) is 0 Å². The van der Waals surface area contributed by atoms with Gasteiger partial charge in [-0.05, 0) is 43.9 Å². The molecular weight excluding hydrogens is 534 g/mol. The van der Waals surface area contributed by atoms with Crippen molar-refractivity contribution in [1.29, 1.82) is 0 Å². The van der Waals surface area contributed by atoms with E-state index in [9.17, 15) is 23.8 Å². The number of anilines is 1. The molecule has 2 aromatic heterocycles. The van der Waals surface area contributed by atoms with E-state index in [1.165, 1.54) is 17.8 Å². The average Bonchev–Trinajstić information content (AvgIpc) is 3.55. The van der Waals surface area contributed by atoms with Gasteiger partial charge >= 0.3 is 5.97 Å². The minimum atomic E-state index is -1.58. The Bertz CT molecular complexity index is 1300. The van der Waals surface area contributed by atoms with Crippen LogP contribution < -0.4 is 5.32 Å². The number of fused-ring (bicyclic) bond motifs is 1. The zero-order chi connectivity index (χ0) is 28.1. The van der Waals surface area contributed by atoms with Crippen molar-refractivity contribution < 1.29 is 33.3 Å². The fourth-order valence-electron chi connectivity index (χ4n) is 4.16. The summed E-state index contributed by atoms with van der Waals surface area (Å²) in [6, 6.07) is 3.77. The Morgan fingerprint density at radius 1 is 1.23 bits per heavy atom. The van der Waals surface area contributed by atoms with Crippen LogP contribution in [0.2, 0.25) is 0 Å². The summed E-state index contributed by atoms with van der Waals surface area (Å²) >= 11 is 1.41. The highest BCUT2D eigenvalue weighted by Crippen LogP contribution is 2.43. The van der Waals surface area contributed by atoms with Crippen LogP contribution in [0.5, 0.6) is 0 Å². The fraction of sp³-hybridized carbons (Fsp3) is 0.560. The highest BCUT2D eigenvalue weighted by atomic mass is 32.2. The van der Waals surface area contributed by atoms with E-state index in [1.54, 1.807) is 19.9 Å². The van der Waals surface area contributed by atoms with E-state index < -0.39 is 36.0 Å². The third-order valence-corrected chi connectivity index (χ3v) is 7.34. The number of aromatic nitrogens is 5. The number of carbonyl (C=O) groups is 1. The van der Waals surface area contributed by atoms with Crippen LogP contribution in [-0.4, -0.2) is 78.4 Å². The average molecular weight is 567 g/mol. The van der Waals surface area contributed by atoms with Crippen LogP contribution in [0.15, 0.2) is 23.4 Å². The molecule has 1 aliphatic carbocycles. The summed E-state index contributed by atoms with van der Waals surface area (Å²) in [6.07, 6.45) is -2.06. The number of rotatable bonds is 14. The predicted molar refractivity (Wildman–Crippen MR) is 139 cm³/mol. The molecule has 0 spiro atoms. The summed E-state index contributed by atoms with van der Waals surface area (Å²) in [4.78, 5) is 20.8. The highest BCUT2D eigenvalue weighted by Gasteiger charge is 2.40. The van der Waals surface area contributed by atoms with Crippen LogP contribution in [-0.2, 0) is 14.3 Å². The van der Waals surface area contributed by atoms with E-state index in [4.69, 9.17) is 9.47 Å². The Labute approximate surface area is 228 Å². The standard InChI is InChI=1S/C25H32F2N6O5S/c1-4-9-39-25-29-22(28-17-11-14(17)13-7-8-15(26)16(27)10-13)20-23(30-25)33(32-31-20)24(36)21(35)18(5-2)38-12-19(34)37-6-3/h7-8,10,14,17-18,21,24,35-36H,4-6,9,11-12H2,1-3H3,(H,28,29,30)/t14-,17+,18-,21+,24+/m0/s1. The van der Waals surface area contributed by atoms with Crippen LogP contribution in [0.3, 0.4) is 0 Å². The molecule has 0 amide bonds. The van der Waals surface area contributed by atoms with Gasteiger partial charge in [0, 0.05) is 17.7 Å². The predicted octanol–water partition coefficient (Wildman–Crippen LogP) is 3.18. The van der Waals surface area contributed by atoms with E-state index in [2.05, 4.69) is 25.6 Å². The van der Waals surface area contributed by atoms with Gasteiger partial charge in [-0.15, -0.1) is 5.10 Å². The van der Waals surface area contributed by atoms with Crippen LogP contribution in [0.25, 0.3) is 11.2 Å². The maximum absolute atomic E-state index is 13.7. The molecule has 5 atom stereocenters. The second kappa shape index (κ2) is 12.9. The fourth-order valence-corrected chi connectivity index (χ4v) is 4.85. The van der Waals surface area contributed by atoms with Crippen molar-refractivity contribution in [2.24, 2.45) is 0 Å². The summed E-state index contributed by atoms with van der Waals surface area (Å²) in [5.41, 5.74) is 1.15. The molecule has 1 fully saturated rings. The van der Waals surface area contributed by atoms with Gasteiger partial charge in [-0.2, -0.15) is 4.68 Å². The smallest absolute Gasteiger partial charge is 0.332 e. The first-order valence-corrected chi connectivity index (χ1v) is 13.9. The number of aliphatic hydroxyl groups excluding tert-OH is 2. The first-order chi connectivity index (χ1) is 18.8. The summed E-state index contributed by atoms with van der Waals surface area (Å²) in [6.45, 7) is 5.27. The Balaban J connectivity index is 1.56. The maximum Gasteiger partial charge on any atom is 0.332 e. The minimum absolute atomic E-state index is 0.0406. The number of hydrogen-bond donors (Lipinski definition) is 3. The van der Waals surface area contributed by atoms with Gasteiger partial charge in [0.05, 0.1) is 12.7 Å². The van der Waals surface area contributed by atoms with E-state index in [0.29, 0.717) is 29.4 Å². The maximum atomic E-state index is 13.7. The second-order valence-electron chi connectivity index (χ2n) is 9.14. The number of thioether (sulfide) groups is 1. The first kappa shape index (κ1) is 29.1. The number of esters is 1. The van der Waals surface area contributed by atoms with Gasteiger partial charge in [0.25, 0.3) is 0 Å². The Kier molecular flexibility index (Phi) is 9.64. The lowest BCUT2D eigenvalue weighted by Crippen LogP contribution is -2.38. The molecule has 212 valence electrons. The molecule has 1 saturated carbocycles. The zero-order valence-corrected chi connectivity index (χ0v) is 22.7. The van der Waals surface area contributed by atoms with Crippen molar-refractivity contribution >= 4 is 34.7 Å². The first-order valence-electron chi connectivity index (χ1n) is 12.9. The van der Waals surface area contributed by atoms with Gasteiger partial charge in [0.2, 0.25) is 0 Å². The summed E-state index contributed by atoms with van der Waals surface area (Å²) < 4.78 is 38.5. The van der Waals surface area contributed by atoms with Crippen molar-refractivity contribution in [2.75, 3.05) is 24.3 Å². The number of carbonyl (C=O) groups excluding carboxylic acids is 1. The molecule has 14 heteroatoms. The van der Waals surface area contributed by atoms with Crippen LogP contribution >= 0.6 is 11.8 Å². The Morgan fingerprint density at radius 3 is 2.72 bits per heavy atom. The van der Waals surface area contributed by atoms with Gasteiger partial charge < -0.3 is 25.0 Å². The van der Waals surface area contributed by atoms with E-state index >= 15 is 0 Å². The molecule has 0 saturated heterocycles. The molecule has 1 aromatic carbocycles. The highest BCUT2D eigenvalue weighted by molar-refractivity contribution is 7.99. The number of nitrogens with zero attached hydrogens (tertiary/aromatic N) is 5. The Hall–Kier alpha value is -2.94. The molecule has 0 radical (unpaired) electrons. The van der Waals surface area contributed by atoms with Crippen molar-refractivity contribution in [2.45, 2.75) is 75.6 Å². The Morgan fingerprint density at radius 2 is 2.03 bits per heavy atom. The topological polar surface area (TPSA) is 145 Å². The lowest BCUT2D eigenvalue weighted by atomic mass is 10.1. The summed E-state index contributed by atoms with van der Waals surface area (Å²) in [5, 5.41) is 33.8. The SMILES string of the molecule is CCCSc1nc(N[C@@H]2C[C@H]2c2ccc(F)c(F)c2)c2nnn([C@H](O)[C@H](O)[C@H](CC)OCC(=O)OCC)c2n1. The number of halogens is 2. The van der Waals surface area contributed by atoms with Gasteiger partial charge in [-0.25, -0.2) is 23.5 Å². The zero-order valence-electron chi connectivity index (χ0n) is 21.9. The minimum Gasteiger partial charge on any atom is -0.464 e.